The summed E-state index contributed by atoms with van der Waals surface area (Å²) in [7, 11) is -3.02. The highest BCUT2D eigenvalue weighted by Gasteiger charge is 2.12. The van der Waals surface area contributed by atoms with Gasteiger partial charge in [-0.25, -0.2) is 13.4 Å². The van der Waals surface area contributed by atoms with Crippen molar-refractivity contribution in [1.29, 1.82) is 0 Å². The van der Waals surface area contributed by atoms with Gasteiger partial charge in [0.15, 0.2) is 5.78 Å². The van der Waals surface area contributed by atoms with E-state index in [1.165, 1.54) is 6.20 Å². The average molecular weight is 292 g/mol. The van der Waals surface area contributed by atoms with Crippen molar-refractivity contribution in [2.45, 2.75) is 19.8 Å². The Morgan fingerprint density at radius 3 is 2.60 bits per heavy atom. The van der Waals surface area contributed by atoms with Crippen LogP contribution in [0.2, 0.25) is 0 Å². The minimum absolute atomic E-state index is 0.0379. The molecule has 1 aromatic heterocycles. The Morgan fingerprint density at radius 2 is 1.90 bits per heavy atom. The van der Waals surface area contributed by atoms with Crippen LogP contribution in [0.5, 0.6) is 0 Å². The number of para-hydroxylation sites is 2. The van der Waals surface area contributed by atoms with Crippen LogP contribution in [0.1, 0.15) is 30.3 Å². The average Bonchev–Trinajstić information content (AvgIpc) is 2.46. The normalized spacial score (nSPS) is 11.7. The number of nitrogens with zero attached hydrogens (tertiary/aromatic N) is 2. The van der Waals surface area contributed by atoms with Gasteiger partial charge in [0.05, 0.1) is 23.0 Å². The molecule has 0 atom stereocenters. The first-order valence-electron chi connectivity index (χ1n) is 6.47. The monoisotopic (exact) mass is 292 g/mol. The summed E-state index contributed by atoms with van der Waals surface area (Å²) in [6.07, 6.45) is 1.94. The van der Waals surface area contributed by atoms with Crippen LogP contribution < -0.4 is 0 Å². The molecule has 2 aromatic rings. The van der Waals surface area contributed by atoms with Gasteiger partial charge in [0, 0.05) is 12.2 Å². The van der Waals surface area contributed by atoms with Crippen LogP contribution in [0, 0.1) is 0 Å². The summed E-state index contributed by atoms with van der Waals surface area (Å²) in [5.41, 5.74) is 1.69. The summed E-state index contributed by atoms with van der Waals surface area (Å²) in [4.78, 5) is 20.4. The molecule has 0 aliphatic rings. The summed E-state index contributed by atoms with van der Waals surface area (Å²) in [5.74, 6) is -0.0257. The fraction of sp³-hybridized carbons (Fsp3) is 0.357. The van der Waals surface area contributed by atoms with Crippen LogP contribution in [0.4, 0.5) is 0 Å². The van der Waals surface area contributed by atoms with Crippen LogP contribution >= 0.6 is 0 Å². The number of fused-ring (bicyclic) bond motifs is 1. The predicted molar refractivity (Wildman–Crippen MR) is 77.4 cm³/mol. The lowest BCUT2D eigenvalue weighted by molar-refractivity contribution is 0.0977. The molecule has 0 fully saturated rings. The second kappa shape index (κ2) is 6.09. The highest BCUT2D eigenvalue weighted by molar-refractivity contribution is 7.91. The Labute approximate surface area is 118 Å². The lowest BCUT2D eigenvalue weighted by atomic mass is 10.2. The molecule has 2 rings (SSSR count). The molecule has 5 nitrogen and oxygen atoms in total. The minimum Gasteiger partial charge on any atom is -0.292 e. The topological polar surface area (TPSA) is 77.0 Å². The third kappa shape index (κ3) is 3.60. The first-order valence-corrected chi connectivity index (χ1v) is 8.29. The number of benzene rings is 1. The summed E-state index contributed by atoms with van der Waals surface area (Å²) in [5, 5.41) is 0. The molecule has 1 aromatic carbocycles. The van der Waals surface area contributed by atoms with Crippen LogP contribution in [-0.4, -0.2) is 35.7 Å². The van der Waals surface area contributed by atoms with E-state index >= 15 is 0 Å². The van der Waals surface area contributed by atoms with Crippen LogP contribution in [0.3, 0.4) is 0 Å². The van der Waals surface area contributed by atoms with Gasteiger partial charge in [-0.2, -0.15) is 0 Å². The predicted octanol–water partition coefficient (Wildman–Crippen LogP) is 2.03. The zero-order valence-electron chi connectivity index (χ0n) is 11.2. The molecule has 0 spiro atoms. The van der Waals surface area contributed by atoms with E-state index in [1.807, 2.05) is 18.2 Å². The van der Waals surface area contributed by atoms with Crippen LogP contribution in [-0.2, 0) is 9.84 Å². The number of hydrogen-bond acceptors (Lipinski definition) is 5. The van der Waals surface area contributed by atoms with Gasteiger partial charge < -0.3 is 0 Å². The molecule has 0 radical (unpaired) electrons. The summed E-state index contributed by atoms with van der Waals surface area (Å²) < 4.78 is 22.7. The molecule has 0 N–H and O–H groups in total. The van der Waals surface area contributed by atoms with Crippen molar-refractivity contribution in [3.05, 3.63) is 36.2 Å². The van der Waals surface area contributed by atoms with Gasteiger partial charge in [-0.05, 0) is 18.6 Å². The van der Waals surface area contributed by atoms with Crippen LogP contribution in [0.15, 0.2) is 30.5 Å². The van der Waals surface area contributed by atoms with E-state index in [0.717, 1.165) is 5.52 Å². The lowest BCUT2D eigenvalue weighted by Gasteiger charge is -2.02. The van der Waals surface area contributed by atoms with E-state index in [-0.39, 0.29) is 29.4 Å². The molecule has 0 aliphatic heterocycles. The molecule has 0 unspecified atom stereocenters. The fourth-order valence-corrected chi connectivity index (χ4v) is 2.69. The number of rotatable bonds is 6. The second-order valence-electron chi connectivity index (χ2n) is 4.51. The number of carbonyl (C=O) groups is 1. The Balaban J connectivity index is 2.04. The van der Waals surface area contributed by atoms with Gasteiger partial charge in [0.2, 0.25) is 0 Å². The SMILES string of the molecule is CCS(=O)(=O)CCCC(=O)c1cnc2ccccc2n1. The zero-order chi connectivity index (χ0) is 14.6. The molecule has 0 aliphatic carbocycles. The maximum absolute atomic E-state index is 12.0. The molecule has 0 amide bonds. The zero-order valence-corrected chi connectivity index (χ0v) is 12.1. The van der Waals surface area contributed by atoms with E-state index < -0.39 is 9.84 Å². The van der Waals surface area contributed by atoms with Gasteiger partial charge in [-0.15, -0.1) is 0 Å². The smallest absolute Gasteiger partial charge is 0.182 e. The lowest BCUT2D eigenvalue weighted by Crippen LogP contribution is -2.11. The van der Waals surface area contributed by atoms with E-state index in [1.54, 1.807) is 13.0 Å². The summed E-state index contributed by atoms with van der Waals surface area (Å²) in [6.45, 7) is 1.60. The molecular formula is C14H16N2O3S. The van der Waals surface area contributed by atoms with Crippen molar-refractivity contribution in [3.63, 3.8) is 0 Å². The van der Waals surface area contributed by atoms with Crippen LogP contribution in [0.25, 0.3) is 11.0 Å². The van der Waals surface area contributed by atoms with Crippen molar-refractivity contribution in [2.75, 3.05) is 11.5 Å². The van der Waals surface area contributed by atoms with Crippen molar-refractivity contribution in [1.82, 2.24) is 9.97 Å². The van der Waals surface area contributed by atoms with E-state index in [9.17, 15) is 13.2 Å². The molecule has 6 heteroatoms. The summed E-state index contributed by atoms with van der Waals surface area (Å²) >= 11 is 0. The Bertz CT molecular complexity index is 726. The molecule has 106 valence electrons. The molecule has 0 saturated carbocycles. The first-order chi connectivity index (χ1) is 9.52. The van der Waals surface area contributed by atoms with Crippen molar-refractivity contribution >= 4 is 26.7 Å². The Kier molecular flexibility index (Phi) is 4.44. The van der Waals surface area contributed by atoms with Gasteiger partial charge in [-0.3, -0.25) is 9.78 Å². The molecule has 0 bridgehead atoms. The molecule has 0 saturated heterocycles. The van der Waals surface area contributed by atoms with Gasteiger partial charge in [0.1, 0.15) is 15.5 Å². The fourth-order valence-electron chi connectivity index (χ4n) is 1.82. The Hall–Kier alpha value is -1.82. The van der Waals surface area contributed by atoms with Crippen molar-refractivity contribution in [3.8, 4) is 0 Å². The van der Waals surface area contributed by atoms with Crippen molar-refractivity contribution < 1.29 is 13.2 Å². The third-order valence-electron chi connectivity index (χ3n) is 3.03. The molecular weight excluding hydrogens is 276 g/mol. The summed E-state index contributed by atoms with van der Waals surface area (Å²) in [6, 6.07) is 7.30. The van der Waals surface area contributed by atoms with E-state index in [4.69, 9.17) is 0 Å². The molecule has 1 heterocycles. The largest absolute Gasteiger partial charge is 0.292 e. The van der Waals surface area contributed by atoms with Gasteiger partial charge in [0.25, 0.3) is 0 Å². The quantitative estimate of drug-likeness (QED) is 0.761. The number of ketones is 1. The highest BCUT2D eigenvalue weighted by Crippen LogP contribution is 2.10. The highest BCUT2D eigenvalue weighted by atomic mass is 32.2. The second-order valence-corrected chi connectivity index (χ2v) is 6.98. The number of Topliss-reactive ketones (excluding diaryl/α,β-unsaturated/α-hetero) is 1. The molecule has 20 heavy (non-hydrogen) atoms. The minimum atomic E-state index is -3.02. The van der Waals surface area contributed by atoms with E-state index in [2.05, 4.69) is 9.97 Å². The maximum Gasteiger partial charge on any atom is 0.182 e. The standard InChI is InChI=1S/C14H16N2O3S/c1-2-20(18,19)9-5-8-14(17)13-10-15-11-6-3-4-7-12(11)16-13/h3-4,6-7,10H,2,5,8-9H2,1H3. The number of aromatic nitrogens is 2. The number of sulfone groups is 1. The number of carbonyl (C=O) groups excluding carboxylic acids is 1. The van der Waals surface area contributed by atoms with E-state index in [0.29, 0.717) is 11.9 Å². The maximum atomic E-state index is 12.0. The number of hydrogen-bond donors (Lipinski definition) is 0. The van der Waals surface area contributed by atoms with Gasteiger partial charge in [-0.1, -0.05) is 19.1 Å². The van der Waals surface area contributed by atoms with Gasteiger partial charge >= 0.3 is 0 Å². The Morgan fingerprint density at radius 1 is 1.20 bits per heavy atom. The third-order valence-corrected chi connectivity index (χ3v) is 4.82. The first kappa shape index (κ1) is 14.6. The van der Waals surface area contributed by atoms with Crippen molar-refractivity contribution in [2.24, 2.45) is 0 Å².